The highest BCUT2D eigenvalue weighted by molar-refractivity contribution is 7.15. The van der Waals surface area contributed by atoms with E-state index in [1.54, 1.807) is 23.7 Å². The van der Waals surface area contributed by atoms with E-state index in [0.29, 0.717) is 6.61 Å². The van der Waals surface area contributed by atoms with E-state index >= 15 is 0 Å². The minimum atomic E-state index is -0.396. The van der Waals surface area contributed by atoms with Crippen molar-refractivity contribution in [2.24, 2.45) is 0 Å². The van der Waals surface area contributed by atoms with Crippen molar-refractivity contribution in [1.29, 1.82) is 0 Å². The zero-order valence-corrected chi connectivity index (χ0v) is 14.3. The minimum Gasteiger partial charge on any atom is -0.489 e. The van der Waals surface area contributed by atoms with Gasteiger partial charge < -0.3 is 9.84 Å². The topological polar surface area (TPSA) is 42.4 Å². The highest BCUT2D eigenvalue weighted by Crippen LogP contribution is 2.42. The van der Waals surface area contributed by atoms with E-state index in [1.807, 2.05) is 25.1 Å². The molecule has 122 valence electrons. The first-order valence-corrected chi connectivity index (χ1v) is 8.98. The third-order valence-electron chi connectivity index (χ3n) is 4.38. The molecular weight excluding hydrogens is 318 g/mol. The van der Waals surface area contributed by atoms with Gasteiger partial charge in [0.05, 0.1) is 6.10 Å². The summed E-state index contributed by atoms with van der Waals surface area (Å²) in [5, 5.41) is 9.83. The van der Waals surface area contributed by atoms with Gasteiger partial charge in [-0.2, -0.15) is 0 Å². The lowest BCUT2D eigenvalue weighted by Gasteiger charge is -2.17. The van der Waals surface area contributed by atoms with E-state index in [0.717, 1.165) is 29.0 Å². The average Bonchev–Trinajstić information content (AvgIpc) is 3.05. The Morgan fingerprint density at radius 1 is 1.12 bits per heavy atom. The second kappa shape index (κ2) is 6.38. The predicted octanol–water partition coefficient (Wildman–Crippen LogP) is 4.54. The van der Waals surface area contributed by atoms with Crippen LogP contribution in [0.2, 0.25) is 0 Å². The molecule has 3 nitrogen and oxygen atoms in total. The van der Waals surface area contributed by atoms with Crippen molar-refractivity contribution in [3.05, 3.63) is 70.4 Å². The standard InChI is InChI=1S/C20H19NO2S/c1-13(22)19-11-16-3-2-15-10-17(4-5-18(15)20(16)24-19)23-12-14-6-8-21-9-7-14/h4-11,13,22H,2-3,12H2,1H3. The van der Waals surface area contributed by atoms with Crippen molar-refractivity contribution < 1.29 is 9.84 Å². The maximum Gasteiger partial charge on any atom is 0.120 e. The molecule has 2 aromatic heterocycles. The zero-order valence-electron chi connectivity index (χ0n) is 13.5. The van der Waals surface area contributed by atoms with Crippen LogP contribution in [0.25, 0.3) is 10.4 Å². The molecule has 2 heterocycles. The number of hydrogen-bond donors (Lipinski definition) is 1. The summed E-state index contributed by atoms with van der Waals surface area (Å²) >= 11 is 1.70. The maximum absolute atomic E-state index is 9.83. The van der Waals surface area contributed by atoms with Crippen molar-refractivity contribution in [3.8, 4) is 16.2 Å². The second-order valence-corrected chi connectivity index (χ2v) is 7.23. The van der Waals surface area contributed by atoms with Gasteiger partial charge in [0.2, 0.25) is 0 Å². The molecule has 4 rings (SSSR count). The summed E-state index contributed by atoms with van der Waals surface area (Å²) in [6.45, 7) is 2.38. The number of nitrogens with zero attached hydrogens (tertiary/aromatic N) is 1. The van der Waals surface area contributed by atoms with Crippen LogP contribution in [0.15, 0.2) is 48.8 Å². The van der Waals surface area contributed by atoms with Crippen LogP contribution in [0.4, 0.5) is 0 Å². The van der Waals surface area contributed by atoms with E-state index < -0.39 is 6.10 Å². The third kappa shape index (κ3) is 2.95. The normalized spacial score (nSPS) is 13.9. The van der Waals surface area contributed by atoms with Crippen molar-refractivity contribution in [2.75, 3.05) is 0 Å². The fraction of sp³-hybridized carbons (Fsp3) is 0.250. The summed E-state index contributed by atoms with van der Waals surface area (Å²) in [5.74, 6) is 0.904. The molecule has 0 aliphatic heterocycles. The van der Waals surface area contributed by atoms with Crippen molar-refractivity contribution >= 4 is 11.3 Å². The quantitative estimate of drug-likeness (QED) is 0.760. The van der Waals surface area contributed by atoms with Gasteiger partial charge in [-0.15, -0.1) is 11.3 Å². The molecule has 4 heteroatoms. The van der Waals surface area contributed by atoms with Crippen LogP contribution in [0.1, 0.15) is 34.6 Å². The number of pyridine rings is 1. The number of benzene rings is 1. The smallest absolute Gasteiger partial charge is 0.120 e. The number of fused-ring (bicyclic) bond motifs is 3. The molecule has 1 N–H and O–H groups in total. The maximum atomic E-state index is 9.83. The molecule has 3 aromatic rings. The summed E-state index contributed by atoms with van der Waals surface area (Å²) in [6, 6.07) is 12.4. The number of hydrogen-bond acceptors (Lipinski definition) is 4. The van der Waals surface area contributed by atoms with Gasteiger partial charge in [0.1, 0.15) is 12.4 Å². The lowest BCUT2D eigenvalue weighted by molar-refractivity contribution is 0.203. The predicted molar refractivity (Wildman–Crippen MR) is 96.4 cm³/mol. The minimum absolute atomic E-state index is 0.396. The Morgan fingerprint density at radius 3 is 2.71 bits per heavy atom. The van der Waals surface area contributed by atoms with Crippen LogP contribution in [0.5, 0.6) is 5.75 Å². The first-order chi connectivity index (χ1) is 11.7. The van der Waals surface area contributed by atoms with E-state index in [4.69, 9.17) is 4.74 Å². The first-order valence-electron chi connectivity index (χ1n) is 8.16. The number of aliphatic hydroxyl groups is 1. The van der Waals surface area contributed by atoms with Gasteiger partial charge in [0.15, 0.2) is 0 Å². The van der Waals surface area contributed by atoms with Gasteiger partial charge in [-0.25, -0.2) is 0 Å². The Hall–Kier alpha value is -2.17. The summed E-state index contributed by atoms with van der Waals surface area (Å²) in [5.41, 5.74) is 5.08. The summed E-state index contributed by atoms with van der Waals surface area (Å²) < 4.78 is 5.93. The van der Waals surface area contributed by atoms with E-state index in [-0.39, 0.29) is 0 Å². The molecule has 1 unspecified atom stereocenters. The first kappa shape index (κ1) is 15.4. The number of aliphatic hydroxyl groups excluding tert-OH is 1. The molecule has 0 amide bonds. The number of thiophene rings is 1. The average molecular weight is 337 g/mol. The molecule has 0 fully saturated rings. The van der Waals surface area contributed by atoms with Crippen molar-refractivity contribution in [3.63, 3.8) is 0 Å². The number of aromatic nitrogens is 1. The molecular formula is C20H19NO2S. The fourth-order valence-corrected chi connectivity index (χ4v) is 4.28. The van der Waals surface area contributed by atoms with Crippen LogP contribution >= 0.6 is 11.3 Å². The van der Waals surface area contributed by atoms with Crippen LogP contribution < -0.4 is 4.74 Å². The van der Waals surface area contributed by atoms with Gasteiger partial charge in [-0.3, -0.25) is 4.98 Å². The Bertz CT molecular complexity index is 855. The fourth-order valence-electron chi connectivity index (χ4n) is 3.07. The molecule has 0 radical (unpaired) electrons. The molecule has 1 atom stereocenters. The largest absolute Gasteiger partial charge is 0.489 e. The molecule has 1 aliphatic carbocycles. The van der Waals surface area contributed by atoms with Crippen LogP contribution in [-0.2, 0) is 19.4 Å². The number of aryl methyl sites for hydroxylation is 2. The van der Waals surface area contributed by atoms with Crippen LogP contribution in [0, 0.1) is 0 Å². The monoisotopic (exact) mass is 337 g/mol. The molecule has 0 saturated carbocycles. The molecule has 1 aliphatic rings. The highest BCUT2D eigenvalue weighted by atomic mass is 32.1. The van der Waals surface area contributed by atoms with E-state index in [2.05, 4.69) is 23.2 Å². The molecule has 0 saturated heterocycles. The van der Waals surface area contributed by atoms with Crippen LogP contribution in [-0.4, -0.2) is 10.1 Å². The number of rotatable bonds is 4. The lowest BCUT2D eigenvalue weighted by Crippen LogP contribution is -2.02. The van der Waals surface area contributed by atoms with Gasteiger partial charge in [-0.05, 0) is 78.4 Å². The van der Waals surface area contributed by atoms with E-state index in [1.165, 1.54) is 21.6 Å². The highest BCUT2D eigenvalue weighted by Gasteiger charge is 2.21. The Kier molecular flexibility index (Phi) is 4.08. The third-order valence-corrected chi connectivity index (χ3v) is 5.76. The van der Waals surface area contributed by atoms with Gasteiger partial charge in [0, 0.05) is 22.1 Å². The lowest BCUT2D eigenvalue weighted by atomic mass is 9.91. The van der Waals surface area contributed by atoms with Gasteiger partial charge >= 0.3 is 0 Å². The summed E-state index contributed by atoms with van der Waals surface area (Å²) in [7, 11) is 0. The Morgan fingerprint density at radius 2 is 1.92 bits per heavy atom. The number of ether oxygens (including phenoxy) is 1. The zero-order chi connectivity index (χ0) is 16.5. The second-order valence-electron chi connectivity index (χ2n) is 6.14. The van der Waals surface area contributed by atoms with Gasteiger partial charge in [-0.1, -0.05) is 0 Å². The SMILES string of the molecule is CC(O)c1cc2c(s1)-c1ccc(OCc3ccncc3)cc1CC2. The summed E-state index contributed by atoms with van der Waals surface area (Å²) in [6.07, 6.45) is 5.21. The Balaban J connectivity index is 1.57. The van der Waals surface area contributed by atoms with E-state index in [9.17, 15) is 5.11 Å². The molecule has 1 aromatic carbocycles. The molecule has 24 heavy (non-hydrogen) atoms. The van der Waals surface area contributed by atoms with Crippen LogP contribution in [0.3, 0.4) is 0 Å². The van der Waals surface area contributed by atoms with Crippen molar-refractivity contribution in [2.45, 2.75) is 32.5 Å². The van der Waals surface area contributed by atoms with Crippen molar-refractivity contribution in [1.82, 2.24) is 4.98 Å². The van der Waals surface area contributed by atoms with Gasteiger partial charge in [0.25, 0.3) is 0 Å². The molecule has 0 spiro atoms. The summed E-state index contributed by atoms with van der Waals surface area (Å²) in [4.78, 5) is 6.37. The Labute approximate surface area is 145 Å². The molecule has 0 bridgehead atoms.